The summed E-state index contributed by atoms with van der Waals surface area (Å²) in [6.45, 7) is 0.809. The monoisotopic (exact) mass is 444 g/mol. The molecule has 2 aromatic carbocycles. The molecular formula is C25H20N2O6. The summed E-state index contributed by atoms with van der Waals surface area (Å²) in [6, 6.07) is 16.1. The Balaban J connectivity index is 1.72. The van der Waals surface area contributed by atoms with Gasteiger partial charge in [-0.15, -0.1) is 0 Å². The molecule has 2 aliphatic heterocycles. The number of para-hydroxylation sites is 1. The highest BCUT2D eigenvalue weighted by Crippen LogP contribution is 2.45. The van der Waals surface area contributed by atoms with Crippen molar-refractivity contribution in [1.82, 2.24) is 4.98 Å². The molecular weight excluding hydrogens is 424 g/mol. The molecule has 1 amide bonds. The Morgan fingerprint density at radius 1 is 1.03 bits per heavy atom. The van der Waals surface area contributed by atoms with Crippen LogP contribution < -0.4 is 19.1 Å². The highest BCUT2D eigenvalue weighted by atomic mass is 16.6. The highest BCUT2D eigenvalue weighted by Gasteiger charge is 2.48. The third kappa shape index (κ3) is 3.45. The van der Waals surface area contributed by atoms with E-state index < -0.39 is 17.7 Å². The molecule has 0 radical (unpaired) electrons. The molecule has 1 atom stereocenters. The SMILES string of the molecule is COc1ccccc1C1/C(=C(\O)c2ccc3c(c2)OCCO3)C(=O)C(=O)N1c1ccccn1. The quantitative estimate of drug-likeness (QED) is 0.374. The second-order valence-corrected chi connectivity index (χ2v) is 7.46. The van der Waals surface area contributed by atoms with Crippen LogP contribution in [0.4, 0.5) is 5.82 Å². The standard InChI is InChI=1S/C25H20N2O6/c1-31-17-7-3-2-6-16(17)22-21(24(29)25(30)27(22)20-8-4-5-11-26-20)23(28)15-9-10-18-19(14-15)33-13-12-32-18/h2-11,14,22,28H,12-13H2,1H3/b23-21+. The van der Waals surface area contributed by atoms with Gasteiger partial charge >= 0.3 is 5.91 Å². The predicted molar refractivity (Wildman–Crippen MR) is 119 cm³/mol. The van der Waals surface area contributed by atoms with E-state index in [0.717, 1.165) is 0 Å². The third-order valence-electron chi connectivity index (χ3n) is 5.59. The fourth-order valence-corrected chi connectivity index (χ4v) is 4.10. The number of ketones is 1. The van der Waals surface area contributed by atoms with Gasteiger partial charge in [0.2, 0.25) is 0 Å². The lowest BCUT2D eigenvalue weighted by Crippen LogP contribution is -2.30. The van der Waals surface area contributed by atoms with E-state index in [9.17, 15) is 14.7 Å². The van der Waals surface area contributed by atoms with E-state index in [-0.39, 0.29) is 17.2 Å². The number of carbonyl (C=O) groups excluding carboxylic acids is 2. The van der Waals surface area contributed by atoms with E-state index in [1.54, 1.807) is 60.7 Å². The van der Waals surface area contributed by atoms with Crippen LogP contribution in [0.15, 0.2) is 72.4 Å². The molecule has 0 spiro atoms. The fourth-order valence-electron chi connectivity index (χ4n) is 4.10. The maximum absolute atomic E-state index is 13.2. The Labute approximate surface area is 189 Å². The van der Waals surface area contributed by atoms with Crippen LogP contribution in [0.1, 0.15) is 17.2 Å². The molecule has 1 saturated heterocycles. The first-order valence-electron chi connectivity index (χ1n) is 10.3. The lowest BCUT2D eigenvalue weighted by Gasteiger charge is -2.25. The molecule has 3 heterocycles. The highest BCUT2D eigenvalue weighted by molar-refractivity contribution is 6.51. The Morgan fingerprint density at radius 3 is 2.55 bits per heavy atom. The van der Waals surface area contributed by atoms with Crippen LogP contribution in [-0.2, 0) is 9.59 Å². The van der Waals surface area contributed by atoms with Crippen LogP contribution in [0.5, 0.6) is 17.2 Å². The van der Waals surface area contributed by atoms with Gasteiger partial charge in [-0.25, -0.2) is 4.98 Å². The Hall–Kier alpha value is -4.33. The molecule has 1 fully saturated rings. The maximum Gasteiger partial charge on any atom is 0.301 e. The molecule has 5 rings (SSSR count). The summed E-state index contributed by atoms with van der Waals surface area (Å²) in [7, 11) is 1.51. The van der Waals surface area contributed by atoms with E-state index in [4.69, 9.17) is 14.2 Å². The number of aliphatic hydroxyl groups excluding tert-OH is 1. The molecule has 1 aromatic heterocycles. The van der Waals surface area contributed by atoms with Crippen molar-refractivity contribution in [3.63, 3.8) is 0 Å². The van der Waals surface area contributed by atoms with Gasteiger partial charge in [-0.3, -0.25) is 14.5 Å². The average Bonchev–Trinajstić information content (AvgIpc) is 3.13. The zero-order valence-corrected chi connectivity index (χ0v) is 17.7. The Morgan fingerprint density at radius 2 is 1.79 bits per heavy atom. The summed E-state index contributed by atoms with van der Waals surface area (Å²) in [5.74, 6) is -0.159. The number of aliphatic hydroxyl groups is 1. The van der Waals surface area contributed by atoms with Crippen molar-refractivity contribution < 1.29 is 28.9 Å². The normalized spacial score (nSPS) is 18.9. The number of fused-ring (bicyclic) bond motifs is 1. The summed E-state index contributed by atoms with van der Waals surface area (Å²) >= 11 is 0. The van der Waals surface area contributed by atoms with Gasteiger partial charge in [0.25, 0.3) is 5.78 Å². The largest absolute Gasteiger partial charge is 0.507 e. The van der Waals surface area contributed by atoms with Crippen LogP contribution in [0.3, 0.4) is 0 Å². The summed E-state index contributed by atoms with van der Waals surface area (Å²) in [5, 5.41) is 11.3. The number of anilines is 1. The van der Waals surface area contributed by atoms with Crippen LogP contribution in [0, 0.1) is 0 Å². The number of pyridine rings is 1. The number of hydrogen-bond donors (Lipinski definition) is 1. The summed E-state index contributed by atoms with van der Waals surface area (Å²) < 4.78 is 16.7. The maximum atomic E-state index is 13.2. The van der Waals surface area contributed by atoms with Crippen LogP contribution in [0.25, 0.3) is 5.76 Å². The number of Topliss-reactive ketones (excluding diaryl/α,β-unsaturated/α-hetero) is 1. The minimum absolute atomic E-state index is 0.0631. The van der Waals surface area contributed by atoms with Gasteiger partial charge in [-0.2, -0.15) is 0 Å². The van der Waals surface area contributed by atoms with Gasteiger partial charge in [-0.05, 0) is 36.4 Å². The summed E-state index contributed by atoms with van der Waals surface area (Å²) in [4.78, 5) is 32.0. The summed E-state index contributed by atoms with van der Waals surface area (Å²) in [6.07, 6.45) is 1.54. The minimum atomic E-state index is -0.941. The van der Waals surface area contributed by atoms with Crippen molar-refractivity contribution in [2.75, 3.05) is 25.2 Å². The first-order chi connectivity index (χ1) is 16.1. The molecule has 2 aliphatic rings. The van der Waals surface area contributed by atoms with Gasteiger partial charge < -0.3 is 19.3 Å². The van der Waals surface area contributed by atoms with Crippen LogP contribution in [0.2, 0.25) is 0 Å². The minimum Gasteiger partial charge on any atom is -0.507 e. The molecule has 1 N–H and O–H groups in total. The number of benzene rings is 2. The van der Waals surface area contributed by atoms with Gasteiger partial charge in [0.05, 0.1) is 12.7 Å². The molecule has 33 heavy (non-hydrogen) atoms. The van der Waals surface area contributed by atoms with Gasteiger partial charge in [0, 0.05) is 17.3 Å². The fraction of sp³-hybridized carbons (Fsp3) is 0.160. The van der Waals surface area contributed by atoms with Crippen molar-refractivity contribution in [2.45, 2.75) is 6.04 Å². The smallest absolute Gasteiger partial charge is 0.301 e. The zero-order chi connectivity index (χ0) is 22.9. The number of ether oxygens (including phenoxy) is 3. The molecule has 0 bridgehead atoms. The molecule has 8 heteroatoms. The second kappa shape index (κ2) is 8.31. The first kappa shape index (κ1) is 20.6. The molecule has 1 unspecified atom stereocenters. The number of methoxy groups -OCH3 is 1. The van der Waals surface area contributed by atoms with E-state index in [0.29, 0.717) is 41.6 Å². The van der Waals surface area contributed by atoms with E-state index in [1.807, 2.05) is 0 Å². The average molecular weight is 444 g/mol. The predicted octanol–water partition coefficient (Wildman–Crippen LogP) is 3.49. The third-order valence-corrected chi connectivity index (χ3v) is 5.59. The van der Waals surface area contributed by atoms with Crippen LogP contribution >= 0.6 is 0 Å². The van der Waals surface area contributed by atoms with Crippen molar-refractivity contribution >= 4 is 23.3 Å². The van der Waals surface area contributed by atoms with Gasteiger partial charge in [-0.1, -0.05) is 24.3 Å². The van der Waals surface area contributed by atoms with Crippen molar-refractivity contribution in [1.29, 1.82) is 0 Å². The van der Waals surface area contributed by atoms with Crippen molar-refractivity contribution in [3.05, 3.63) is 83.6 Å². The lowest BCUT2D eigenvalue weighted by molar-refractivity contribution is -0.132. The number of rotatable bonds is 4. The molecule has 8 nitrogen and oxygen atoms in total. The van der Waals surface area contributed by atoms with E-state index in [2.05, 4.69) is 4.98 Å². The van der Waals surface area contributed by atoms with Crippen molar-refractivity contribution in [2.24, 2.45) is 0 Å². The Bertz CT molecular complexity index is 1270. The number of aromatic nitrogens is 1. The van der Waals surface area contributed by atoms with E-state index >= 15 is 0 Å². The van der Waals surface area contributed by atoms with Gasteiger partial charge in [0.1, 0.15) is 36.6 Å². The second-order valence-electron chi connectivity index (χ2n) is 7.46. The number of amides is 1. The topological polar surface area (TPSA) is 98.2 Å². The van der Waals surface area contributed by atoms with Crippen LogP contribution in [-0.4, -0.2) is 42.1 Å². The number of nitrogens with zero attached hydrogens (tertiary/aromatic N) is 2. The van der Waals surface area contributed by atoms with E-state index in [1.165, 1.54) is 18.2 Å². The molecule has 3 aromatic rings. The lowest BCUT2D eigenvalue weighted by atomic mass is 9.94. The van der Waals surface area contributed by atoms with Crippen molar-refractivity contribution in [3.8, 4) is 17.2 Å². The summed E-state index contributed by atoms with van der Waals surface area (Å²) in [5.41, 5.74) is 0.814. The first-order valence-corrected chi connectivity index (χ1v) is 10.3. The molecule has 0 aliphatic carbocycles. The Kier molecular flexibility index (Phi) is 5.18. The zero-order valence-electron chi connectivity index (χ0n) is 17.7. The number of carbonyl (C=O) groups is 2. The number of hydrogen-bond acceptors (Lipinski definition) is 7. The van der Waals surface area contributed by atoms with Gasteiger partial charge in [0.15, 0.2) is 11.5 Å². The molecule has 0 saturated carbocycles. The molecule has 166 valence electrons.